The smallest absolute Gasteiger partial charge is 0.329 e. The quantitative estimate of drug-likeness (QED) is 0.639. The van der Waals surface area contributed by atoms with Gasteiger partial charge in [0.2, 0.25) is 5.91 Å². The van der Waals surface area contributed by atoms with E-state index in [2.05, 4.69) is 5.32 Å². The van der Waals surface area contributed by atoms with Crippen LogP contribution in [0.5, 0.6) is 0 Å². The summed E-state index contributed by atoms with van der Waals surface area (Å²) in [6.45, 7) is 3.96. The largest absolute Gasteiger partial charge is 0.480 e. The molecule has 0 aromatic rings. The van der Waals surface area contributed by atoms with Crippen molar-refractivity contribution in [2.75, 3.05) is 6.54 Å². The summed E-state index contributed by atoms with van der Waals surface area (Å²) < 4.78 is 0. The predicted molar refractivity (Wildman–Crippen MR) is 69.0 cm³/mol. The van der Waals surface area contributed by atoms with E-state index in [1.807, 2.05) is 6.92 Å². The van der Waals surface area contributed by atoms with E-state index < -0.39 is 11.5 Å². The Hall–Kier alpha value is -1.10. The average Bonchev–Trinajstić information content (AvgIpc) is 2.23. The standard InChI is InChI=1S/C13H24N2O3/c1-3-5-12(2,11(17)18)15-10(16)8-13(9-14)6-4-7-13/h3-9,14H2,1-2H3,(H,15,16)(H,17,18). The van der Waals surface area contributed by atoms with E-state index in [1.165, 1.54) is 0 Å². The Labute approximate surface area is 108 Å². The van der Waals surface area contributed by atoms with Gasteiger partial charge in [0, 0.05) is 6.42 Å². The molecule has 1 unspecified atom stereocenters. The van der Waals surface area contributed by atoms with E-state index in [-0.39, 0.29) is 11.3 Å². The van der Waals surface area contributed by atoms with Gasteiger partial charge in [-0.3, -0.25) is 4.79 Å². The Morgan fingerprint density at radius 2 is 2.06 bits per heavy atom. The maximum Gasteiger partial charge on any atom is 0.329 e. The second-order valence-corrected chi connectivity index (χ2v) is 5.67. The molecule has 18 heavy (non-hydrogen) atoms. The van der Waals surface area contributed by atoms with Crippen LogP contribution in [0, 0.1) is 5.41 Å². The Kier molecular flexibility index (Phi) is 4.73. The summed E-state index contributed by atoms with van der Waals surface area (Å²) in [5.41, 5.74) is 4.45. The molecule has 1 aliphatic carbocycles. The van der Waals surface area contributed by atoms with Gasteiger partial charge in [0.1, 0.15) is 5.54 Å². The summed E-state index contributed by atoms with van der Waals surface area (Å²) in [6, 6.07) is 0. The number of carboxylic acid groups (broad SMARTS) is 1. The first-order valence-corrected chi connectivity index (χ1v) is 6.62. The lowest BCUT2D eigenvalue weighted by atomic mass is 9.66. The second-order valence-electron chi connectivity index (χ2n) is 5.67. The van der Waals surface area contributed by atoms with Crippen molar-refractivity contribution in [2.45, 2.75) is 57.9 Å². The van der Waals surface area contributed by atoms with Crippen LogP contribution in [0.1, 0.15) is 52.4 Å². The third kappa shape index (κ3) is 3.22. The van der Waals surface area contributed by atoms with Crippen LogP contribution >= 0.6 is 0 Å². The first kappa shape index (κ1) is 15.0. The molecular weight excluding hydrogens is 232 g/mol. The highest BCUT2D eigenvalue weighted by atomic mass is 16.4. The number of nitrogens with one attached hydrogen (secondary N) is 1. The van der Waals surface area contributed by atoms with Crippen LogP contribution in [0.2, 0.25) is 0 Å². The average molecular weight is 256 g/mol. The number of hydrogen-bond donors (Lipinski definition) is 3. The van der Waals surface area contributed by atoms with Crippen molar-refractivity contribution in [1.82, 2.24) is 5.32 Å². The number of carbonyl (C=O) groups excluding carboxylic acids is 1. The fourth-order valence-corrected chi connectivity index (χ4v) is 2.55. The summed E-state index contributed by atoms with van der Waals surface area (Å²) in [6.07, 6.45) is 4.53. The summed E-state index contributed by atoms with van der Waals surface area (Å²) in [5, 5.41) is 11.9. The van der Waals surface area contributed by atoms with Gasteiger partial charge in [0.15, 0.2) is 0 Å². The van der Waals surface area contributed by atoms with Crippen LogP contribution in [0.25, 0.3) is 0 Å². The van der Waals surface area contributed by atoms with Crippen LogP contribution in [0.3, 0.4) is 0 Å². The van der Waals surface area contributed by atoms with Gasteiger partial charge in [-0.2, -0.15) is 0 Å². The molecule has 1 amide bonds. The maximum atomic E-state index is 12.0. The number of rotatable bonds is 7. The molecule has 1 saturated carbocycles. The Morgan fingerprint density at radius 3 is 2.39 bits per heavy atom. The van der Waals surface area contributed by atoms with Crippen molar-refractivity contribution < 1.29 is 14.7 Å². The molecule has 4 N–H and O–H groups in total. The van der Waals surface area contributed by atoms with Crippen LogP contribution in [0.15, 0.2) is 0 Å². The summed E-state index contributed by atoms with van der Waals surface area (Å²) in [7, 11) is 0. The molecule has 1 fully saturated rings. The van der Waals surface area contributed by atoms with Crippen molar-refractivity contribution >= 4 is 11.9 Å². The second kappa shape index (κ2) is 5.69. The molecule has 104 valence electrons. The van der Waals surface area contributed by atoms with Gasteiger partial charge in [-0.1, -0.05) is 19.8 Å². The van der Waals surface area contributed by atoms with Crippen molar-refractivity contribution in [3.8, 4) is 0 Å². The van der Waals surface area contributed by atoms with Crippen LogP contribution in [0.4, 0.5) is 0 Å². The molecule has 0 bridgehead atoms. The number of carbonyl (C=O) groups is 2. The highest BCUT2D eigenvalue weighted by Gasteiger charge is 2.40. The zero-order chi connectivity index (χ0) is 13.8. The number of nitrogens with two attached hydrogens (primary N) is 1. The molecular formula is C13H24N2O3. The molecule has 1 rings (SSSR count). The predicted octanol–water partition coefficient (Wildman–Crippen LogP) is 1.27. The van der Waals surface area contributed by atoms with Crippen molar-refractivity contribution in [3.63, 3.8) is 0 Å². The van der Waals surface area contributed by atoms with E-state index in [1.54, 1.807) is 6.92 Å². The van der Waals surface area contributed by atoms with Gasteiger partial charge >= 0.3 is 5.97 Å². The van der Waals surface area contributed by atoms with Crippen LogP contribution < -0.4 is 11.1 Å². The van der Waals surface area contributed by atoms with Gasteiger partial charge < -0.3 is 16.2 Å². The van der Waals surface area contributed by atoms with Crippen molar-refractivity contribution in [2.24, 2.45) is 11.1 Å². The minimum Gasteiger partial charge on any atom is -0.480 e. The third-order valence-corrected chi connectivity index (χ3v) is 4.02. The fourth-order valence-electron chi connectivity index (χ4n) is 2.55. The molecule has 1 aliphatic rings. The van der Waals surface area contributed by atoms with E-state index >= 15 is 0 Å². The van der Waals surface area contributed by atoms with Crippen molar-refractivity contribution in [1.29, 1.82) is 0 Å². The Morgan fingerprint density at radius 1 is 1.44 bits per heavy atom. The van der Waals surface area contributed by atoms with Gasteiger partial charge in [0.05, 0.1) is 0 Å². The zero-order valence-electron chi connectivity index (χ0n) is 11.3. The minimum absolute atomic E-state index is 0.0876. The molecule has 0 saturated heterocycles. The molecule has 5 nitrogen and oxygen atoms in total. The van der Waals surface area contributed by atoms with E-state index in [0.717, 1.165) is 19.3 Å². The van der Waals surface area contributed by atoms with Crippen LogP contribution in [-0.4, -0.2) is 29.1 Å². The third-order valence-electron chi connectivity index (χ3n) is 4.02. The van der Waals surface area contributed by atoms with Crippen molar-refractivity contribution in [3.05, 3.63) is 0 Å². The molecule has 0 radical (unpaired) electrons. The number of amides is 1. The van der Waals surface area contributed by atoms with Gasteiger partial charge in [-0.15, -0.1) is 0 Å². The molecule has 5 heteroatoms. The monoisotopic (exact) mass is 256 g/mol. The lowest BCUT2D eigenvalue weighted by molar-refractivity contribution is -0.147. The number of hydrogen-bond acceptors (Lipinski definition) is 3. The molecule has 0 spiro atoms. The van der Waals surface area contributed by atoms with Gasteiger partial charge in [-0.25, -0.2) is 4.79 Å². The molecule has 0 aromatic carbocycles. The molecule has 0 aliphatic heterocycles. The van der Waals surface area contributed by atoms with Gasteiger partial charge in [-0.05, 0) is 38.1 Å². The molecule has 1 atom stereocenters. The lowest BCUT2D eigenvalue weighted by Gasteiger charge is -2.41. The lowest BCUT2D eigenvalue weighted by Crippen LogP contribution is -2.54. The normalized spacial score (nSPS) is 20.6. The van der Waals surface area contributed by atoms with E-state index in [0.29, 0.717) is 25.8 Å². The topological polar surface area (TPSA) is 92.4 Å². The van der Waals surface area contributed by atoms with E-state index in [4.69, 9.17) is 5.73 Å². The zero-order valence-corrected chi connectivity index (χ0v) is 11.3. The summed E-state index contributed by atoms with van der Waals surface area (Å²) in [5.74, 6) is -1.17. The number of carboxylic acids is 1. The fraction of sp³-hybridized carbons (Fsp3) is 0.846. The van der Waals surface area contributed by atoms with Crippen LogP contribution in [-0.2, 0) is 9.59 Å². The maximum absolute atomic E-state index is 12.0. The number of aliphatic carboxylic acids is 1. The first-order chi connectivity index (χ1) is 8.37. The highest BCUT2D eigenvalue weighted by Crippen LogP contribution is 2.42. The molecule has 0 heterocycles. The Balaban J connectivity index is 2.59. The minimum atomic E-state index is -1.16. The van der Waals surface area contributed by atoms with Gasteiger partial charge in [0.25, 0.3) is 0 Å². The summed E-state index contributed by atoms with van der Waals surface area (Å²) in [4.78, 5) is 23.2. The SMILES string of the molecule is CCCC(C)(NC(=O)CC1(CN)CCC1)C(=O)O. The molecule has 0 aromatic heterocycles. The summed E-state index contributed by atoms with van der Waals surface area (Å²) >= 11 is 0. The Bertz CT molecular complexity index is 321. The first-order valence-electron chi connectivity index (χ1n) is 6.62. The highest BCUT2D eigenvalue weighted by molar-refractivity contribution is 5.86. The van der Waals surface area contributed by atoms with E-state index in [9.17, 15) is 14.7 Å².